The normalized spacial score (nSPS) is 14.4. The molecule has 1 aliphatic carbocycles. The molecule has 0 aliphatic heterocycles. The van der Waals surface area contributed by atoms with Crippen molar-refractivity contribution >= 4 is 40.5 Å². The van der Waals surface area contributed by atoms with Crippen LogP contribution in [0.3, 0.4) is 0 Å². The molecule has 0 spiro atoms. The van der Waals surface area contributed by atoms with E-state index in [-0.39, 0.29) is 28.0 Å². The molecular weight excluding hydrogens is 455 g/mol. The molecular formula is C20H17ClF3N3O5. The number of ether oxygens (including phenoxy) is 1. The first-order valence-electron chi connectivity index (χ1n) is 9.39. The van der Waals surface area contributed by atoms with Crippen molar-refractivity contribution in [3.05, 3.63) is 62.7 Å². The van der Waals surface area contributed by atoms with Crippen LogP contribution in [0, 0.1) is 10.1 Å². The molecule has 2 aromatic rings. The molecule has 0 aromatic heterocycles. The first kappa shape index (κ1) is 23.3. The number of nitro benzene ring substituents is 1. The lowest BCUT2D eigenvalue weighted by Gasteiger charge is -2.17. The van der Waals surface area contributed by atoms with Gasteiger partial charge < -0.3 is 15.4 Å². The number of esters is 1. The molecule has 1 unspecified atom stereocenters. The molecule has 1 amide bonds. The van der Waals surface area contributed by atoms with Crippen LogP contribution in [0.25, 0.3) is 0 Å². The maximum atomic E-state index is 13.2. The zero-order valence-corrected chi connectivity index (χ0v) is 17.3. The summed E-state index contributed by atoms with van der Waals surface area (Å²) in [5, 5.41) is 16.2. The van der Waals surface area contributed by atoms with Gasteiger partial charge in [0, 0.05) is 17.1 Å². The Morgan fingerprint density at radius 3 is 2.44 bits per heavy atom. The molecule has 32 heavy (non-hydrogen) atoms. The van der Waals surface area contributed by atoms with Gasteiger partial charge in [0.2, 0.25) is 0 Å². The van der Waals surface area contributed by atoms with Crippen molar-refractivity contribution in [1.82, 2.24) is 0 Å². The SMILES string of the molecule is CC(OC(=O)c1ccc(NC2CC2)c([N+](=O)[O-])c1)C(=O)Nc1ccc(Cl)cc1C(F)(F)F. The molecule has 12 heteroatoms. The molecule has 8 nitrogen and oxygen atoms in total. The summed E-state index contributed by atoms with van der Waals surface area (Å²) in [6.45, 7) is 1.16. The fraction of sp³-hybridized carbons (Fsp3) is 0.300. The molecule has 1 aliphatic rings. The van der Waals surface area contributed by atoms with E-state index in [2.05, 4.69) is 10.6 Å². The van der Waals surface area contributed by atoms with Gasteiger partial charge in [0.05, 0.1) is 21.7 Å². The summed E-state index contributed by atoms with van der Waals surface area (Å²) in [6, 6.07) is 6.62. The van der Waals surface area contributed by atoms with Gasteiger partial charge >= 0.3 is 12.1 Å². The minimum absolute atomic E-state index is 0.143. The summed E-state index contributed by atoms with van der Waals surface area (Å²) >= 11 is 5.60. The fourth-order valence-electron chi connectivity index (χ4n) is 2.76. The van der Waals surface area contributed by atoms with Gasteiger partial charge in [0.1, 0.15) is 5.69 Å². The second-order valence-corrected chi connectivity index (χ2v) is 7.57. The number of halogens is 4. The Kier molecular flexibility index (Phi) is 6.58. The number of nitrogens with one attached hydrogen (secondary N) is 2. The Labute approximate surface area is 184 Å². The van der Waals surface area contributed by atoms with Crippen LogP contribution in [0.4, 0.5) is 30.2 Å². The smallest absolute Gasteiger partial charge is 0.418 e. The Balaban J connectivity index is 1.71. The van der Waals surface area contributed by atoms with E-state index in [1.54, 1.807) is 0 Å². The zero-order chi connectivity index (χ0) is 23.6. The zero-order valence-electron chi connectivity index (χ0n) is 16.5. The Hall–Kier alpha value is -3.34. The van der Waals surface area contributed by atoms with Crippen LogP contribution in [0.2, 0.25) is 5.02 Å². The first-order valence-corrected chi connectivity index (χ1v) is 9.77. The van der Waals surface area contributed by atoms with Crippen molar-refractivity contribution in [3.63, 3.8) is 0 Å². The summed E-state index contributed by atoms with van der Waals surface area (Å²) in [7, 11) is 0. The maximum Gasteiger partial charge on any atom is 0.418 e. The van der Waals surface area contributed by atoms with Crippen LogP contribution in [-0.4, -0.2) is 28.9 Å². The summed E-state index contributed by atoms with van der Waals surface area (Å²) in [6.07, 6.45) is -4.49. The predicted molar refractivity (Wildman–Crippen MR) is 110 cm³/mol. The number of carbonyl (C=O) groups excluding carboxylic acids is 2. The van der Waals surface area contributed by atoms with E-state index in [1.165, 1.54) is 18.2 Å². The lowest BCUT2D eigenvalue weighted by atomic mass is 10.1. The molecule has 1 atom stereocenters. The van der Waals surface area contributed by atoms with Crippen molar-refractivity contribution in [2.24, 2.45) is 0 Å². The van der Waals surface area contributed by atoms with Gasteiger partial charge in [-0.05, 0) is 50.1 Å². The number of alkyl halides is 3. The van der Waals surface area contributed by atoms with Crippen molar-refractivity contribution in [1.29, 1.82) is 0 Å². The highest BCUT2D eigenvalue weighted by Crippen LogP contribution is 2.36. The molecule has 1 fully saturated rings. The lowest BCUT2D eigenvalue weighted by molar-refractivity contribution is -0.384. The summed E-state index contributed by atoms with van der Waals surface area (Å²) in [4.78, 5) is 35.3. The van der Waals surface area contributed by atoms with E-state index in [4.69, 9.17) is 16.3 Å². The number of nitro groups is 1. The van der Waals surface area contributed by atoms with Gasteiger partial charge in [0.25, 0.3) is 11.6 Å². The topological polar surface area (TPSA) is 111 Å². The third-order valence-corrected chi connectivity index (χ3v) is 4.80. The van der Waals surface area contributed by atoms with Crippen molar-refractivity contribution in [3.8, 4) is 0 Å². The van der Waals surface area contributed by atoms with E-state index in [0.717, 1.165) is 31.9 Å². The largest absolute Gasteiger partial charge is 0.449 e. The van der Waals surface area contributed by atoms with Crippen LogP contribution in [0.5, 0.6) is 0 Å². The Bertz CT molecular complexity index is 1070. The van der Waals surface area contributed by atoms with Crippen LogP contribution in [-0.2, 0) is 15.7 Å². The minimum Gasteiger partial charge on any atom is -0.449 e. The van der Waals surface area contributed by atoms with E-state index in [9.17, 15) is 32.9 Å². The molecule has 0 bridgehead atoms. The highest BCUT2D eigenvalue weighted by molar-refractivity contribution is 6.30. The average molecular weight is 472 g/mol. The average Bonchev–Trinajstić information content (AvgIpc) is 3.52. The first-order chi connectivity index (χ1) is 15.0. The second kappa shape index (κ2) is 9.03. The van der Waals surface area contributed by atoms with Gasteiger partial charge in [-0.1, -0.05) is 11.6 Å². The van der Waals surface area contributed by atoms with Crippen LogP contribution >= 0.6 is 11.6 Å². The van der Waals surface area contributed by atoms with E-state index in [0.29, 0.717) is 6.07 Å². The van der Waals surface area contributed by atoms with Crippen LogP contribution in [0.1, 0.15) is 35.7 Å². The Morgan fingerprint density at radius 2 is 1.84 bits per heavy atom. The van der Waals surface area contributed by atoms with Gasteiger partial charge in [-0.15, -0.1) is 0 Å². The molecule has 0 heterocycles. The Morgan fingerprint density at radius 1 is 1.19 bits per heavy atom. The molecule has 0 radical (unpaired) electrons. The van der Waals surface area contributed by atoms with Crippen LogP contribution < -0.4 is 10.6 Å². The van der Waals surface area contributed by atoms with Gasteiger partial charge in [0.15, 0.2) is 6.10 Å². The number of benzene rings is 2. The van der Waals surface area contributed by atoms with Crippen molar-refractivity contribution in [2.75, 3.05) is 10.6 Å². The quantitative estimate of drug-likeness (QED) is 0.333. The number of rotatable bonds is 7. The number of hydrogen-bond acceptors (Lipinski definition) is 6. The number of nitrogens with zero attached hydrogens (tertiary/aromatic N) is 1. The van der Waals surface area contributed by atoms with E-state index < -0.39 is 40.3 Å². The summed E-state index contributed by atoms with van der Waals surface area (Å²) in [5.74, 6) is -2.06. The third kappa shape index (κ3) is 5.67. The third-order valence-electron chi connectivity index (χ3n) is 4.57. The predicted octanol–water partition coefficient (Wildman–Crippen LogP) is 5.03. The minimum atomic E-state index is -4.78. The standard InChI is InChI=1S/C20H17ClF3N3O5/c1-10(18(28)26-15-7-3-12(21)9-14(15)20(22,23)24)32-19(29)11-2-6-16(25-13-4-5-13)17(8-11)27(30)31/h2-3,6-10,13,25H,4-5H2,1H3,(H,26,28). The van der Waals surface area contributed by atoms with Crippen LogP contribution in [0.15, 0.2) is 36.4 Å². The van der Waals surface area contributed by atoms with Gasteiger partial charge in [-0.2, -0.15) is 13.2 Å². The summed E-state index contributed by atoms with van der Waals surface area (Å²) in [5.41, 5.74) is -1.98. The lowest BCUT2D eigenvalue weighted by Crippen LogP contribution is -2.30. The van der Waals surface area contributed by atoms with Gasteiger partial charge in [-0.25, -0.2) is 4.79 Å². The second-order valence-electron chi connectivity index (χ2n) is 7.13. The highest BCUT2D eigenvalue weighted by atomic mass is 35.5. The number of carbonyl (C=O) groups is 2. The highest BCUT2D eigenvalue weighted by Gasteiger charge is 2.35. The molecule has 170 valence electrons. The number of amides is 1. The molecule has 1 saturated carbocycles. The monoisotopic (exact) mass is 471 g/mol. The molecule has 2 aromatic carbocycles. The summed E-state index contributed by atoms with van der Waals surface area (Å²) < 4.78 is 44.5. The van der Waals surface area contributed by atoms with Gasteiger partial charge in [-0.3, -0.25) is 14.9 Å². The fourth-order valence-corrected chi connectivity index (χ4v) is 2.93. The number of anilines is 2. The van der Waals surface area contributed by atoms with E-state index in [1.807, 2.05) is 0 Å². The van der Waals surface area contributed by atoms with Crippen molar-refractivity contribution < 1.29 is 32.4 Å². The maximum absolute atomic E-state index is 13.2. The number of hydrogen-bond donors (Lipinski definition) is 2. The molecule has 0 saturated heterocycles. The molecule has 2 N–H and O–H groups in total. The van der Waals surface area contributed by atoms with Crippen molar-refractivity contribution in [2.45, 2.75) is 38.1 Å². The van der Waals surface area contributed by atoms with E-state index >= 15 is 0 Å². The molecule has 3 rings (SSSR count).